The van der Waals surface area contributed by atoms with Crippen molar-refractivity contribution in [3.8, 4) is 0 Å². The maximum absolute atomic E-state index is 12.0. The molecule has 100 valence electrons. The van der Waals surface area contributed by atoms with Gasteiger partial charge in [-0.3, -0.25) is 4.79 Å². The van der Waals surface area contributed by atoms with Crippen molar-refractivity contribution < 1.29 is 19.8 Å². The van der Waals surface area contributed by atoms with Crippen LogP contribution in [0.1, 0.15) is 16.8 Å². The van der Waals surface area contributed by atoms with Gasteiger partial charge in [0.25, 0.3) is 5.91 Å². The number of aromatic amines is 1. The van der Waals surface area contributed by atoms with E-state index in [0.717, 1.165) is 10.9 Å². The molecule has 0 bridgehead atoms. The second-order valence-electron chi connectivity index (χ2n) is 4.12. The second-order valence-corrected chi connectivity index (χ2v) is 4.12. The maximum Gasteiger partial charge on any atom is 0.326 e. The molecule has 0 spiro atoms. The number of amides is 1. The van der Waals surface area contributed by atoms with Crippen molar-refractivity contribution in [3.05, 3.63) is 36.0 Å². The van der Waals surface area contributed by atoms with Gasteiger partial charge in [-0.25, -0.2) is 4.79 Å². The van der Waals surface area contributed by atoms with Gasteiger partial charge >= 0.3 is 5.97 Å². The van der Waals surface area contributed by atoms with Crippen LogP contribution in [-0.2, 0) is 4.79 Å². The van der Waals surface area contributed by atoms with E-state index in [1.54, 1.807) is 12.1 Å². The van der Waals surface area contributed by atoms with E-state index >= 15 is 0 Å². The summed E-state index contributed by atoms with van der Waals surface area (Å²) in [7, 11) is 0. The largest absolute Gasteiger partial charge is 0.480 e. The number of hydrogen-bond acceptors (Lipinski definition) is 3. The number of carboxylic acids is 1. The number of para-hydroxylation sites is 1. The summed E-state index contributed by atoms with van der Waals surface area (Å²) in [6.45, 7) is -0.300. The Morgan fingerprint density at radius 2 is 2.05 bits per heavy atom. The molecule has 2 rings (SSSR count). The lowest BCUT2D eigenvalue weighted by molar-refractivity contribution is -0.139. The maximum atomic E-state index is 12.0. The zero-order valence-corrected chi connectivity index (χ0v) is 10.1. The van der Waals surface area contributed by atoms with Gasteiger partial charge in [-0.15, -0.1) is 0 Å². The first kappa shape index (κ1) is 13.1. The Balaban J connectivity index is 2.22. The fraction of sp³-hybridized carbons (Fsp3) is 0.231. The topological polar surface area (TPSA) is 102 Å². The number of carbonyl (C=O) groups is 2. The predicted octanol–water partition coefficient (Wildman–Crippen LogP) is 0.733. The highest BCUT2D eigenvalue weighted by Crippen LogP contribution is 2.17. The minimum Gasteiger partial charge on any atom is -0.480 e. The molecule has 0 fully saturated rings. The normalized spacial score (nSPS) is 12.3. The van der Waals surface area contributed by atoms with E-state index in [0.29, 0.717) is 5.56 Å². The molecule has 0 aliphatic carbocycles. The Kier molecular flexibility index (Phi) is 3.82. The Labute approximate surface area is 109 Å². The molecule has 0 saturated carbocycles. The van der Waals surface area contributed by atoms with Gasteiger partial charge in [0.1, 0.15) is 6.04 Å². The van der Waals surface area contributed by atoms with E-state index in [1.165, 1.54) is 6.20 Å². The quantitative estimate of drug-likeness (QED) is 0.638. The highest BCUT2D eigenvalue weighted by atomic mass is 16.4. The summed E-state index contributed by atoms with van der Waals surface area (Å²) >= 11 is 0. The van der Waals surface area contributed by atoms with Crippen LogP contribution >= 0.6 is 0 Å². The van der Waals surface area contributed by atoms with Crippen molar-refractivity contribution in [3.63, 3.8) is 0 Å². The lowest BCUT2D eigenvalue weighted by Crippen LogP contribution is -2.41. The first-order chi connectivity index (χ1) is 9.13. The van der Waals surface area contributed by atoms with Gasteiger partial charge in [0, 0.05) is 30.1 Å². The molecular weight excluding hydrogens is 248 g/mol. The summed E-state index contributed by atoms with van der Waals surface area (Å²) in [5, 5.41) is 20.8. The van der Waals surface area contributed by atoms with Crippen molar-refractivity contribution in [1.82, 2.24) is 10.3 Å². The third-order valence-corrected chi connectivity index (χ3v) is 2.86. The molecule has 6 heteroatoms. The van der Waals surface area contributed by atoms with Crippen molar-refractivity contribution in [2.45, 2.75) is 12.5 Å². The molecule has 2 aromatic rings. The molecule has 19 heavy (non-hydrogen) atoms. The van der Waals surface area contributed by atoms with E-state index in [2.05, 4.69) is 10.3 Å². The molecule has 0 unspecified atom stereocenters. The van der Waals surface area contributed by atoms with E-state index in [9.17, 15) is 9.59 Å². The SMILES string of the molecule is O=C(N[C@H](CCO)C(=O)O)c1c[nH]c2ccccc12. The third-order valence-electron chi connectivity index (χ3n) is 2.86. The lowest BCUT2D eigenvalue weighted by atomic mass is 10.1. The number of carbonyl (C=O) groups excluding carboxylic acids is 1. The molecule has 6 nitrogen and oxygen atoms in total. The minimum atomic E-state index is -1.16. The predicted molar refractivity (Wildman–Crippen MR) is 68.9 cm³/mol. The van der Waals surface area contributed by atoms with E-state index in [1.807, 2.05) is 12.1 Å². The van der Waals surface area contributed by atoms with Crippen LogP contribution in [0.3, 0.4) is 0 Å². The van der Waals surface area contributed by atoms with Gasteiger partial charge in [-0.1, -0.05) is 18.2 Å². The molecule has 1 heterocycles. The molecule has 1 aromatic heterocycles. The van der Waals surface area contributed by atoms with Crippen molar-refractivity contribution in [1.29, 1.82) is 0 Å². The fourth-order valence-corrected chi connectivity index (χ4v) is 1.88. The second kappa shape index (κ2) is 5.53. The Morgan fingerprint density at radius 1 is 1.32 bits per heavy atom. The zero-order chi connectivity index (χ0) is 13.8. The Hall–Kier alpha value is -2.34. The Morgan fingerprint density at radius 3 is 2.74 bits per heavy atom. The van der Waals surface area contributed by atoms with Crippen LogP contribution in [0.4, 0.5) is 0 Å². The number of nitrogens with one attached hydrogen (secondary N) is 2. The lowest BCUT2D eigenvalue weighted by Gasteiger charge is -2.12. The van der Waals surface area contributed by atoms with Crippen LogP contribution in [0.25, 0.3) is 10.9 Å². The van der Waals surface area contributed by atoms with Crippen molar-refractivity contribution in [2.24, 2.45) is 0 Å². The molecule has 1 amide bonds. The number of hydrogen-bond donors (Lipinski definition) is 4. The summed E-state index contributed by atoms with van der Waals surface area (Å²) in [4.78, 5) is 25.9. The monoisotopic (exact) mass is 262 g/mol. The van der Waals surface area contributed by atoms with Gasteiger partial charge in [-0.05, 0) is 6.07 Å². The van der Waals surface area contributed by atoms with E-state index in [-0.39, 0.29) is 13.0 Å². The molecule has 0 aliphatic rings. The van der Waals surface area contributed by atoms with Gasteiger partial charge in [-0.2, -0.15) is 0 Å². The number of aliphatic carboxylic acids is 1. The summed E-state index contributed by atoms with van der Waals surface area (Å²) in [6, 6.07) is 6.16. The number of benzene rings is 1. The van der Waals surface area contributed by atoms with Gasteiger partial charge < -0.3 is 20.5 Å². The summed E-state index contributed by atoms with van der Waals surface area (Å²) in [6.07, 6.45) is 1.52. The molecule has 1 aromatic carbocycles. The van der Waals surface area contributed by atoms with Crippen LogP contribution in [0.5, 0.6) is 0 Å². The average molecular weight is 262 g/mol. The van der Waals surface area contributed by atoms with Gasteiger partial charge in [0.15, 0.2) is 0 Å². The number of aromatic nitrogens is 1. The molecule has 0 aliphatic heterocycles. The van der Waals surface area contributed by atoms with E-state index in [4.69, 9.17) is 10.2 Å². The number of aliphatic hydroxyl groups excluding tert-OH is 1. The fourth-order valence-electron chi connectivity index (χ4n) is 1.88. The smallest absolute Gasteiger partial charge is 0.326 e. The summed E-state index contributed by atoms with van der Waals surface area (Å²) in [5.41, 5.74) is 1.20. The molecular formula is C13H14N2O4. The van der Waals surface area contributed by atoms with Gasteiger partial charge in [0.05, 0.1) is 5.56 Å². The van der Waals surface area contributed by atoms with Crippen LogP contribution < -0.4 is 5.32 Å². The van der Waals surface area contributed by atoms with E-state index < -0.39 is 17.9 Å². The summed E-state index contributed by atoms with van der Waals surface area (Å²) < 4.78 is 0. The molecule has 0 radical (unpaired) electrons. The van der Waals surface area contributed by atoms with Crippen molar-refractivity contribution in [2.75, 3.05) is 6.61 Å². The highest BCUT2D eigenvalue weighted by Gasteiger charge is 2.21. The molecule has 1 atom stereocenters. The average Bonchev–Trinajstić information content (AvgIpc) is 2.81. The standard InChI is InChI=1S/C13H14N2O4/c16-6-5-11(13(18)19)15-12(17)9-7-14-10-4-2-1-3-8(9)10/h1-4,7,11,14,16H,5-6H2,(H,15,17)(H,18,19)/t11-/m1/s1. The number of carboxylic acid groups (broad SMARTS) is 1. The number of rotatable bonds is 5. The summed E-state index contributed by atoms with van der Waals surface area (Å²) in [5.74, 6) is -1.64. The van der Waals surface area contributed by atoms with Crippen LogP contribution in [-0.4, -0.2) is 39.7 Å². The van der Waals surface area contributed by atoms with Crippen LogP contribution in [0.2, 0.25) is 0 Å². The van der Waals surface area contributed by atoms with Gasteiger partial charge in [0.2, 0.25) is 0 Å². The zero-order valence-electron chi connectivity index (χ0n) is 10.1. The van der Waals surface area contributed by atoms with Crippen molar-refractivity contribution >= 4 is 22.8 Å². The number of aliphatic hydroxyl groups is 1. The Bertz CT molecular complexity index is 605. The molecule has 0 saturated heterocycles. The number of fused-ring (bicyclic) bond motifs is 1. The third kappa shape index (κ3) is 2.74. The minimum absolute atomic E-state index is 0.0244. The van der Waals surface area contributed by atoms with Crippen LogP contribution in [0, 0.1) is 0 Å². The molecule has 4 N–H and O–H groups in total. The van der Waals surface area contributed by atoms with Crippen LogP contribution in [0.15, 0.2) is 30.5 Å². The first-order valence-electron chi connectivity index (χ1n) is 5.84. The number of H-pyrrole nitrogens is 1. The highest BCUT2D eigenvalue weighted by molar-refractivity contribution is 6.07. The first-order valence-corrected chi connectivity index (χ1v) is 5.84.